The summed E-state index contributed by atoms with van der Waals surface area (Å²) >= 11 is 5.98. The van der Waals surface area contributed by atoms with Crippen molar-refractivity contribution in [2.45, 2.75) is 32.6 Å². The molecule has 5 heteroatoms. The minimum atomic E-state index is 0.333. The molecule has 0 spiro atoms. The van der Waals surface area contributed by atoms with Crippen LogP contribution in [-0.2, 0) is 6.42 Å². The van der Waals surface area contributed by atoms with E-state index in [1.165, 1.54) is 0 Å². The van der Waals surface area contributed by atoms with Crippen LogP contribution in [0.15, 0.2) is 36.4 Å². The van der Waals surface area contributed by atoms with Gasteiger partial charge in [-0.15, -0.1) is 10.2 Å². The Labute approximate surface area is 134 Å². The molecule has 0 unspecified atom stereocenters. The lowest BCUT2D eigenvalue weighted by Gasteiger charge is -2.07. The third kappa shape index (κ3) is 3.07. The van der Waals surface area contributed by atoms with Crippen molar-refractivity contribution in [3.8, 4) is 11.4 Å². The third-order valence-corrected chi connectivity index (χ3v) is 3.92. The Morgan fingerprint density at radius 3 is 2.68 bits per heavy atom. The number of phenols is 1. The maximum Gasteiger partial charge on any atom is 0.118 e. The van der Waals surface area contributed by atoms with Gasteiger partial charge in [0, 0.05) is 5.02 Å². The number of phenolic OH excluding ortho intramolecular Hbond substituents is 1. The van der Waals surface area contributed by atoms with Gasteiger partial charge in [-0.25, -0.2) is 0 Å². The molecule has 3 rings (SSSR count). The van der Waals surface area contributed by atoms with Gasteiger partial charge < -0.3 is 5.11 Å². The van der Waals surface area contributed by atoms with E-state index < -0.39 is 0 Å². The van der Waals surface area contributed by atoms with E-state index in [-0.39, 0.29) is 0 Å². The summed E-state index contributed by atoms with van der Waals surface area (Å²) in [6.45, 7) is 2.17. The Morgan fingerprint density at radius 2 is 1.86 bits per heavy atom. The smallest absolute Gasteiger partial charge is 0.118 e. The first-order valence-electron chi connectivity index (χ1n) is 7.52. The topological polar surface area (TPSA) is 50.9 Å². The van der Waals surface area contributed by atoms with E-state index in [9.17, 15) is 5.11 Å². The summed E-state index contributed by atoms with van der Waals surface area (Å²) in [5.74, 6) is 0.333. The standard InChI is InChI=1S/C17H18ClN3O/c1-2-3-4-5-12-10-14(7-9-17(12)22)21-19-15-8-6-13(18)11-16(15)20-21/h6-11,22H,2-5H2,1H3. The monoisotopic (exact) mass is 315 g/mol. The Kier molecular flexibility index (Phi) is 4.29. The predicted octanol–water partition coefficient (Wildman–Crippen LogP) is 4.51. The van der Waals surface area contributed by atoms with E-state index in [1.807, 2.05) is 18.2 Å². The molecule has 114 valence electrons. The lowest BCUT2D eigenvalue weighted by atomic mass is 10.1. The van der Waals surface area contributed by atoms with Crippen molar-refractivity contribution in [2.75, 3.05) is 0 Å². The fourth-order valence-electron chi connectivity index (χ4n) is 2.47. The van der Waals surface area contributed by atoms with Crippen LogP contribution in [0.3, 0.4) is 0 Å². The van der Waals surface area contributed by atoms with Crippen molar-refractivity contribution >= 4 is 22.6 Å². The van der Waals surface area contributed by atoms with Crippen molar-refractivity contribution in [1.82, 2.24) is 15.0 Å². The molecule has 22 heavy (non-hydrogen) atoms. The van der Waals surface area contributed by atoms with Crippen LogP contribution < -0.4 is 0 Å². The van der Waals surface area contributed by atoms with Crippen LogP contribution in [0.2, 0.25) is 5.02 Å². The molecule has 0 saturated heterocycles. The summed E-state index contributed by atoms with van der Waals surface area (Å²) in [5.41, 5.74) is 3.33. The number of fused-ring (bicyclic) bond motifs is 1. The summed E-state index contributed by atoms with van der Waals surface area (Å²) in [4.78, 5) is 1.59. The molecule has 1 aromatic heterocycles. The molecule has 0 radical (unpaired) electrons. The number of unbranched alkanes of at least 4 members (excludes halogenated alkanes) is 2. The summed E-state index contributed by atoms with van der Waals surface area (Å²) < 4.78 is 0. The summed E-state index contributed by atoms with van der Waals surface area (Å²) in [6.07, 6.45) is 4.25. The van der Waals surface area contributed by atoms with Crippen LogP contribution in [0.25, 0.3) is 16.7 Å². The molecule has 0 aliphatic rings. The van der Waals surface area contributed by atoms with Crippen molar-refractivity contribution in [3.05, 3.63) is 47.0 Å². The van der Waals surface area contributed by atoms with Gasteiger partial charge in [-0.05, 0) is 54.8 Å². The minimum Gasteiger partial charge on any atom is -0.508 e. The molecule has 0 aliphatic heterocycles. The summed E-state index contributed by atoms with van der Waals surface area (Å²) in [6, 6.07) is 10.9. The fourth-order valence-corrected chi connectivity index (χ4v) is 2.63. The molecule has 0 aliphatic carbocycles. The first-order chi connectivity index (χ1) is 10.7. The highest BCUT2D eigenvalue weighted by molar-refractivity contribution is 6.31. The number of hydrogen-bond donors (Lipinski definition) is 1. The van der Waals surface area contributed by atoms with Gasteiger partial charge in [0.25, 0.3) is 0 Å². The lowest BCUT2D eigenvalue weighted by molar-refractivity contribution is 0.466. The minimum absolute atomic E-state index is 0.333. The van der Waals surface area contributed by atoms with E-state index in [4.69, 9.17) is 11.6 Å². The number of aromatic nitrogens is 3. The second kappa shape index (κ2) is 6.36. The van der Waals surface area contributed by atoms with Gasteiger partial charge in [0.2, 0.25) is 0 Å². The van der Waals surface area contributed by atoms with Crippen LogP contribution >= 0.6 is 11.6 Å². The fraction of sp³-hybridized carbons (Fsp3) is 0.294. The number of halogens is 1. The van der Waals surface area contributed by atoms with Crippen LogP contribution in [0.5, 0.6) is 5.75 Å². The van der Waals surface area contributed by atoms with E-state index >= 15 is 0 Å². The maximum atomic E-state index is 9.99. The number of rotatable bonds is 5. The number of nitrogens with zero attached hydrogens (tertiary/aromatic N) is 3. The van der Waals surface area contributed by atoms with Crippen LogP contribution in [0.4, 0.5) is 0 Å². The van der Waals surface area contributed by atoms with Crippen molar-refractivity contribution < 1.29 is 5.11 Å². The highest BCUT2D eigenvalue weighted by atomic mass is 35.5. The Bertz CT molecular complexity index is 798. The molecule has 2 aromatic carbocycles. The largest absolute Gasteiger partial charge is 0.508 e. The normalized spacial score (nSPS) is 11.2. The van der Waals surface area contributed by atoms with Gasteiger partial charge in [0.05, 0.1) is 5.69 Å². The van der Waals surface area contributed by atoms with Crippen LogP contribution in [-0.4, -0.2) is 20.1 Å². The van der Waals surface area contributed by atoms with Gasteiger partial charge in [0.15, 0.2) is 0 Å². The first-order valence-corrected chi connectivity index (χ1v) is 7.90. The van der Waals surface area contributed by atoms with Gasteiger partial charge >= 0.3 is 0 Å². The second-order valence-electron chi connectivity index (χ2n) is 5.39. The molecular formula is C17H18ClN3O. The molecule has 0 bridgehead atoms. The summed E-state index contributed by atoms with van der Waals surface area (Å²) in [7, 11) is 0. The van der Waals surface area contributed by atoms with Gasteiger partial charge in [0.1, 0.15) is 16.8 Å². The van der Waals surface area contributed by atoms with E-state index in [0.29, 0.717) is 10.8 Å². The average molecular weight is 316 g/mol. The van der Waals surface area contributed by atoms with Gasteiger partial charge in [-0.2, -0.15) is 4.80 Å². The summed E-state index contributed by atoms with van der Waals surface area (Å²) in [5, 5.41) is 19.5. The molecule has 0 fully saturated rings. The molecule has 3 aromatic rings. The Hall–Kier alpha value is -2.07. The zero-order valence-corrected chi connectivity index (χ0v) is 13.2. The van der Waals surface area contributed by atoms with Crippen molar-refractivity contribution in [1.29, 1.82) is 0 Å². The Balaban J connectivity index is 1.93. The van der Waals surface area contributed by atoms with Crippen molar-refractivity contribution in [2.24, 2.45) is 0 Å². The molecule has 1 heterocycles. The van der Waals surface area contributed by atoms with Crippen LogP contribution in [0, 0.1) is 0 Å². The molecular weight excluding hydrogens is 298 g/mol. The molecule has 4 nitrogen and oxygen atoms in total. The zero-order valence-electron chi connectivity index (χ0n) is 12.5. The van der Waals surface area contributed by atoms with Crippen molar-refractivity contribution in [3.63, 3.8) is 0 Å². The number of aryl methyl sites for hydroxylation is 1. The molecule has 1 N–H and O–H groups in total. The average Bonchev–Trinajstić information content (AvgIpc) is 2.92. The first kappa shape index (κ1) is 14.9. The number of hydrogen-bond acceptors (Lipinski definition) is 3. The second-order valence-corrected chi connectivity index (χ2v) is 5.83. The molecule has 0 atom stereocenters. The Morgan fingerprint density at radius 1 is 1.05 bits per heavy atom. The third-order valence-electron chi connectivity index (χ3n) is 3.69. The SMILES string of the molecule is CCCCCc1cc(-n2nc3ccc(Cl)cc3n2)ccc1O. The number of benzene rings is 2. The predicted molar refractivity (Wildman–Crippen MR) is 88.8 cm³/mol. The highest BCUT2D eigenvalue weighted by Crippen LogP contribution is 2.23. The van der Waals surface area contributed by atoms with E-state index in [2.05, 4.69) is 17.1 Å². The van der Waals surface area contributed by atoms with Gasteiger partial charge in [-0.1, -0.05) is 31.4 Å². The van der Waals surface area contributed by atoms with Gasteiger partial charge in [-0.3, -0.25) is 0 Å². The number of aromatic hydroxyl groups is 1. The molecule has 0 amide bonds. The van der Waals surface area contributed by atoms with E-state index in [0.717, 1.165) is 48.0 Å². The van der Waals surface area contributed by atoms with E-state index in [1.54, 1.807) is 23.0 Å². The van der Waals surface area contributed by atoms with Crippen LogP contribution in [0.1, 0.15) is 31.7 Å². The zero-order chi connectivity index (χ0) is 15.5. The maximum absolute atomic E-state index is 9.99. The quantitative estimate of drug-likeness (QED) is 0.705. The lowest BCUT2D eigenvalue weighted by Crippen LogP contribution is -1.99. The highest BCUT2D eigenvalue weighted by Gasteiger charge is 2.08. The molecule has 0 saturated carbocycles.